The molecule has 4 nitrogen and oxygen atoms in total. The molecule has 3 N–H and O–H groups in total. The summed E-state index contributed by atoms with van der Waals surface area (Å²) in [6.07, 6.45) is 0.765. The number of nitrogen functional groups attached to an aromatic ring is 1. The summed E-state index contributed by atoms with van der Waals surface area (Å²) in [5.41, 5.74) is 6.96. The third-order valence-electron chi connectivity index (χ3n) is 2.56. The molecule has 0 aliphatic rings. The van der Waals surface area contributed by atoms with E-state index in [4.69, 9.17) is 5.73 Å². The average Bonchev–Trinajstić information content (AvgIpc) is 2.25. The monoisotopic (exact) mass is 261 g/mol. The molecular weight excluding hydrogens is 245 g/mol. The van der Waals surface area contributed by atoms with Gasteiger partial charge in [-0.25, -0.2) is 14.4 Å². The van der Waals surface area contributed by atoms with Gasteiger partial charge in [0.25, 0.3) is 0 Å². The highest BCUT2D eigenvalue weighted by atomic mass is 19.1. The second-order valence-electron chi connectivity index (χ2n) is 4.90. The van der Waals surface area contributed by atoms with E-state index in [0.717, 1.165) is 18.2 Å². The Balaban J connectivity index is 2.46. The predicted molar refractivity (Wildman–Crippen MR) is 72.0 cm³/mol. The van der Waals surface area contributed by atoms with Gasteiger partial charge in [0.1, 0.15) is 17.4 Å². The highest BCUT2D eigenvalue weighted by Crippen LogP contribution is 2.23. The lowest BCUT2D eigenvalue weighted by Crippen LogP contribution is -2.03. The average molecular weight is 261 g/mol. The molecule has 100 valence electrons. The highest BCUT2D eigenvalue weighted by Gasteiger charge is 2.09. The number of hydrogen-bond acceptors (Lipinski definition) is 4. The molecule has 0 amide bonds. The van der Waals surface area contributed by atoms with Crippen LogP contribution in [-0.2, 0) is 6.42 Å². The number of hydrogen-bond donors (Lipinski definition) is 2. The first-order valence-corrected chi connectivity index (χ1v) is 6.07. The van der Waals surface area contributed by atoms with Gasteiger partial charge in [0.05, 0.1) is 0 Å². The number of nitrogens with two attached hydrogens (primary N) is 1. The summed E-state index contributed by atoms with van der Waals surface area (Å²) in [4.78, 5) is 8.44. The summed E-state index contributed by atoms with van der Waals surface area (Å²) in [6.45, 7) is 4.15. The number of phenols is 1. The molecule has 0 unspecified atom stereocenters. The van der Waals surface area contributed by atoms with Gasteiger partial charge in [0.2, 0.25) is 0 Å². The SMILES string of the molecule is CC(C)Cc1cc(N)nc(-c2cc(O)cc(F)c2)n1. The van der Waals surface area contributed by atoms with Crippen LogP contribution in [0.1, 0.15) is 19.5 Å². The van der Waals surface area contributed by atoms with Crippen LogP contribution in [-0.4, -0.2) is 15.1 Å². The Morgan fingerprint density at radius 3 is 2.58 bits per heavy atom. The summed E-state index contributed by atoms with van der Waals surface area (Å²) in [6, 6.07) is 5.43. The van der Waals surface area contributed by atoms with Crippen LogP contribution in [0.3, 0.4) is 0 Å². The minimum atomic E-state index is -0.536. The molecule has 2 aromatic rings. The minimum Gasteiger partial charge on any atom is -0.508 e. The zero-order valence-corrected chi connectivity index (χ0v) is 10.9. The molecule has 5 heteroatoms. The molecule has 0 atom stereocenters. The van der Waals surface area contributed by atoms with E-state index in [-0.39, 0.29) is 5.75 Å². The minimum absolute atomic E-state index is 0.161. The third-order valence-corrected chi connectivity index (χ3v) is 2.56. The van der Waals surface area contributed by atoms with Crippen molar-refractivity contribution in [3.8, 4) is 17.1 Å². The molecule has 0 radical (unpaired) electrons. The number of benzene rings is 1. The standard InChI is InChI=1S/C14H16FN3O/c1-8(2)3-11-7-13(16)18-14(17-11)9-4-10(15)6-12(19)5-9/h4-8,19H,3H2,1-2H3,(H2,16,17,18). The highest BCUT2D eigenvalue weighted by molar-refractivity contribution is 5.59. The Kier molecular flexibility index (Phi) is 3.64. The van der Waals surface area contributed by atoms with Crippen LogP contribution in [0.4, 0.5) is 10.2 Å². The summed E-state index contributed by atoms with van der Waals surface area (Å²) in [5.74, 6) is 0.399. The molecule has 0 saturated carbocycles. The van der Waals surface area contributed by atoms with Gasteiger partial charge in [0.15, 0.2) is 5.82 Å². The van der Waals surface area contributed by atoms with Crippen LogP contribution in [0.25, 0.3) is 11.4 Å². The van der Waals surface area contributed by atoms with Gasteiger partial charge < -0.3 is 10.8 Å². The van der Waals surface area contributed by atoms with Crippen LogP contribution >= 0.6 is 0 Å². The summed E-state index contributed by atoms with van der Waals surface area (Å²) >= 11 is 0. The van der Waals surface area contributed by atoms with Crippen molar-refractivity contribution in [1.82, 2.24) is 9.97 Å². The molecule has 0 aliphatic carbocycles. The van der Waals surface area contributed by atoms with Gasteiger partial charge in [-0.3, -0.25) is 0 Å². The molecule has 0 spiro atoms. The maximum absolute atomic E-state index is 13.3. The number of aromatic hydroxyl groups is 1. The third kappa shape index (κ3) is 3.40. The smallest absolute Gasteiger partial charge is 0.161 e. The Morgan fingerprint density at radius 2 is 1.95 bits per heavy atom. The maximum Gasteiger partial charge on any atom is 0.161 e. The largest absolute Gasteiger partial charge is 0.508 e. The van der Waals surface area contributed by atoms with Gasteiger partial charge in [-0.15, -0.1) is 0 Å². The lowest BCUT2D eigenvalue weighted by atomic mass is 10.1. The fourth-order valence-electron chi connectivity index (χ4n) is 1.87. The van der Waals surface area contributed by atoms with Crippen LogP contribution < -0.4 is 5.73 Å². The molecule has 1 aromatic heterocycles. The van der Waals surface area contributed by atoms with Crippen LogP contribution in [0, 0.1) is 11.7 Å². The number of nitrogens with zero attached hydrogens (tertiary/aromatic N) is 2. The van der Waals surface area contributed by atoms with E-state index < -0.39 is 5.82 Å². The lowest BCUT2D eigenvalue weighted by molar-refractivity contribution is 0.469. The summed E-state index contributed by atoms with van der Waals surface area (Å²) in [7, 11) is 0. The Morgan fingerprint density at radius 1 is 1.21 bits per heavy atom. The summed E-state index contributed by atoms with van der Waals surface area (Å²) < 4.78 is 13.3. The first-order chi connectivity index (χ1) is 8.94. The zero-order valence-electron chi connectivity index (χ0n) is 10.9. The number of aromatic nitrogens is 2. The molecule has 0 saturated heterocycles. The van der Waals surface area contributed by atoms with Crippen molar-refractivity contribution in [2.24, 2.45) is 5.92 Å². The Hall–Kier alpha value is -2.17. The van der Waals surface area contributed by atoms with Crippen molar-refractivity contribution in [3.63, 3.8) is 0 Å². The zero-order chi connectivity index (χ0) is 14.0. The molecular formula is C14H16FN3O. The molecule has 2 rings (SSSR count). The van der Waals surface area contributed by atoms with Crippen molar-refractivity contribution < 1.29 is 9.50 Å². The molecule has 0 fully saturated rings. The molecule has 1 aromatic carbocycles. The molecule has 0 aliphatic heterocycles. The van der Waals surface area contributed by atoms with Crippen LogP contribution in [0.5, 0.6) is 5.75 Å². The molecule has 0 bridgehead atoms. The van der Waals surface area contributed by atoms with E-state index in [1.807, 2.05) is 0 Å². The Bertz CT molecular complexity index is 579. The lowest BCUT2D eigenvalue weighted by Gasteiger charge is -2.08. The van der Waals surface area contributed by atoms with Crippen molar-refractivity contribution >= 4 is 5.82 Å². The number of anilines is 1. The Labute approximate surface area is 111 Å². The second-order valence-corrected chi connectivity index (χ2v) is 4.90. The van der Waals surface area contributed by atoms with E-state index >= 15 is 0 Å². The van der Waals surface area contributed by atoms with Gasteiger partial charge in [0, 0.05) is 23.4 Å². The topological polar surface area (TPSA) is 72.0 Å². The maximum atomic E-state index is 13.3. The van der Waals surface area contributed by atoms with Crippen LogP contribution in [0.2, 0.25) is 0 Å². The van der Waals surface area contributed by atoms with E-state index in [1.165, 1.54) is 12.1 Å². The number of rotatable bonds is 3. The van der Waals surface area contributed by atoms with Gasteiger partial charge >= 0.3 is 0 Å². The first kappa shape index (κ1) is 13.3. The fraction of sp³-hybridized carbons (Fsp3) is 0.286. The normalized spacial score (nSPS) is 10.9. The molecule has 1 heterocycles. The quantitative estimate of drug-likeness (QED) is 0.891. The number of halogens is 1. The van der Waals surface area contributed by atoms with E-state index in [1.54, 1.807) is 6.07 Å². The van der Waals surface area contributed by atoms with Gasteiger partial charge in [-0.05, 0) is 24.5 Å². The van der Waals surface area contributed by atoms with Gasteiger partial charge in [-0.1, -0.05) is 13.8 Å². The number of phenolic OH excluding ortho intramolecular Hbond substituents is 1. The van der Waals surface area contributed by atoms with Crippen molar-refractivity contribution in [2.75, 3.05) is 5.73 Å². The molecule has 19 heavy (non-hydrogen) atoms. The van der Waals surface area contributed by atoms with E-state index in [2.05, 4.69) is 23.8 Å². The fourth-order valence-corrected chi connectivity index (χ4v) is 1.87. The first-order valence-electron chi connectivity index (χ1n) is 6.07. The second kappa shape index (κ2) is 5.22. The predicted octanol–water partition coefficient (Wildman–Crippen LogP) is 2.77. The van der Waals surface area contributed by atoms with E-state index in [9.17, 15) is 9.50 Å². The van der Waals surface area contributed by atoms with Crippen molar-refractivity contribution in [2.45, 2.75) is 20.3 Å². The van der Waals surface area contributed by atoms with Crippen molar-refractivity contribution in [1.29, 1.82) is 0 Å². The van der Waals surface area contributed by atoms with Crippen LogP contribution in [0.15, 0.2) is 24.3 Å². The van der Waals surface area contributed by atoms with Crippen molar-refractivity contribution in [3.05, 3.63) is 35.8 Å². The van der Waals surface area contributed by atoms with E-state index in [0.29, 0.717) is 23.1 Å². The summed E-state index contributed by atoms with van der Waals surface area (Å²) in [5, 5.41) is 9.41. The van der Waals surface area contributed by atoms with Gasteiger partial charge in [-0.2, -0.15) is 0 Å².